The zero-order valence-electron chi connectivity index (χ0n) is 12.2. The van der Waals surface area contributed by atoms with Crippen molar-refractivity contribution in [2.45, 2.75) is 13.5 Å². The van der Waals surface area contributed by atoms with Crippen molar-refractivity contribution in [1.29, 1.82) is 0 Å². The molecule has 2 aromatic rings. The van der Waals surface area contributed by atoms with Crippen LogP contribution < -0.4 is 15.2 Å². The Morgan fingerprint density at radius 3 is 2.57 bits per heavy atom. The molecular weight excluding hydrogens is 264 g/mol. The summed E-state index contributed by atoms with van der Waals surface area (Å²) in [4.78, 5) is 4.41. The Hall–Kier alpha value is -2.51. The Balaban J connectivity index is 2.01. The molecule has 0 aliphatic carbocycles. The summed E-state index contributed by atoms with van der Waals surface area (Å²) >= 11 is 0. The third-order valence-electron chi connectivity index (χ3n) is 2.79. The van der Waals surface area contributed by atoms with Crippen molar-refractivity contribution in [2.24, 2.45) is 5.73 Å². The smallest absolute Gasteiger partial charge is 0.130 e. The maximum Gasteiger partial charge on any atom is 0.130 e. The van der Waals surface area contributed by atoms with Crippen LogP contribution in [0.3, 0.4) is 0 Å². The molecule has 0 saturated heterocycles. The average molecular weight is 282 g/mol. The van der Waals surface area contributed by atoms with Crippen LogP contribution in [-0.4, -0.2) is 18.6 Å². The summed E-state index contributed by atoms with van der Waals surface area (Å²) in [6.07, 6.45) is 0. The molecule has 2 rings (SSSR count). The molecule has 2 N–H and O–H groups in total. The first-order valence-electron chi connectivity index (χ1n) is 6.64. The van der Waals surface area contributed by atoms with E-state index in [2.05, 4.69) is 16.8 Å². The van der Waals surface area contributed by atoms with Crippen molar-refractivity contribution in [3.8, 4) is 23.3 Å². The summed E-state index contributed by atoms with van der Waals surface area (Å²) in [6.45, 7) is 2.68. The molecule has 0 bridgehead atoms. The van der Waals surface area contributed by atoms with Crippen molar-refractivity contribution in [3.63, 3.8) is 0 Å². The summed E-state index contributed by atoms with van der Waals surface area (Å²) in [5.74, 6) is 7.34. The van der Waals surface area contributed by atoms with Gasteiger partial charge in [0.2, 0.25) is 0 Å². The first kappa shape index (κ1) is 14.9. The maximum absolute atomic E-state index is 5.72. The lowest BCUT2D eigenvalue weighted by Gasteiger charge is -2.08. The maximum atomic E-state index is 5.72. The number of benzene rings is 1. The summed E-state index contributed by atoms with van der Waals surface area (Å²) in [7, 11) is 1.64. The third kappa shape index (κ3) is 4.51. The van der Waals surface area contributed by atoms with Gasteiger partial charge in [-0.15, -0.1) is 0 Å². The van der Waals surface area contributed by atoms with Gasteiger partial charge in [0.25, 0.3) is 0 Å². The number of hydrogen-bond acceptors (Lipinski definition) is 4. The summed E-state index contributed by atoms with van der Waals surface area (Å²) in [5, 5.41) is 0. The molecular formula is C17H18N2O2. The fraction of sp³-hybridized carbons (Fsp3) is 0.235. The average Bonchev–Trinajstić information content (AvgIpc) is 2.51. The largest absolute Gasteiger partial charge is 0.497 e. The van der Waals surface area contributed by atoms with E-state index in [0.29, 0.717) is 13.2 Å². The summed E-state index contributed by atoms with van der Waals surface area (Å²) in [5.41, 5.74) is 7.99. The van der Waals surface area contributed by atoms with Crippen LogP contribution in [0.2, 0.25) is 0 Å². The zero-order chi connectivity index (χ0) is 15.1. The topological polar surface area (TPSA) is 57.4 Å². The van der Waals surface area contributed by atoms with E-state index < -0.39 is 0 Å². The molecule has 1 aromatic heterocycles. The number of nitrogens with two attached hydrogens (primary N) is 1. The summed E-state index contributed by atoms with van der Waals surface area (Å²) < 4.78 is 10.9. The first-order valence-corrected chi connectivity index (χ1v) is 6.64. The van der Waals surface area contributed by atoms with Crippen LogP contribution in [0, 0.1) is 18.8 Å². The SMILES string of the molecule is COc1cc(C)nc(COc2ccc(C#CCN)cc2)c1. The predicted octanol–water partition coefficient (Wildman–Crippen LogP) is 2.29. The minimum Gasteiger partial charge on any atom is -0.497 e. The number of nitrogens with zero attached hydrogens (tertiary/aromatic N) is 1. The lowest BCUT2D eigenvalue weighted by molar-refractivity contribution is 0.300. The number of aromatic nitrogens is 1. The molecule has 108 valence electrons. The normalized spacial score (nSPS) is 9.67. The number of ether oxygens (including phenoxy) is 2. The second-order valence-corrected chi connectivity index (χ2v) is 4.46. The molecule has 21 heavy (non-hydrogen) atoms. The van der Waals surface area contributed by atoms with E-state index in [1.807, 2.05) is 43.3 Å². The van der Waals surface area contributed by atoms with E-state index in [4.69, 9.17) is 15.2 Å². The second-order valence-electron chi connectivity index (χ2n) is 4.46. The van der Waals surface area contributed by atoms with Gasteiger partial charge in [0, 0.05) is 23.4 Å². The standard InChI is InChI=1S/C17H18N2O2/c1-13-10-17(20-2)11-15(19-13)12-21-16-7-5-14(6-8-16)4-3-9-18/h5-8,10-11H,9,12,18H2,1-2H3. The van der Waals surface area contributed by atoms with Gasteiger partial charge in [0.1, 0.15) is 18.1 Å². The van der Waals surface area contributed by atoms with Crippen LogP contribution in [0.1, 0.15) is 17.0 Å². The lowest BCUT2D eigenvalue weighted by Crippen LogP contribution is -2.00. The molecule has 0 unspecified atom stereocenters. The molecule has 0 radical (unpaired) electrons. The Labute approximate surface area is 124 Å². The van der Waals surface area contributed by atoms with Gasteiger partial charge in [0.05, 0.1) is 19.3 Å². The fourth-order valence-corrected chi connectivity index (χ4v) is 1.84. The van der Waals surface area contributed by atoms with Crippen LogP contribution >= 0.6 is 0 Å². The lowest BCUT2D eigenvalue weighted by atomic mass is 10.2. The Bertz CT molecular complexity index is 655. The number of rotatable bonds is 4. The minimum absolute atomic E-state index is 0.360. The van der Waals surface area contributed by atoms with Gasteiger partial charge in [-0.1, -0.05) is 11.8 Å². The molecule has 0 aliphatic heterocycles. The number of pyridine rings is 1. The van der Waals surface area contributed by atoms with E-state index in [0.717, 1.165) is 28.5 Å². The quantitative estimate of drug-likeness (QED) is 0.874. The molecule has 0 saturated carbocycles. The van der Waals surface area contributed by atoms with Gasteiger partial charge in [0.15, 0.2) is 0 Å². The number of aryl methyl sites for hydroxylation is 1. The van der Waals surface area contributed by atoms with Crippen LogP contribution in [0.4, 0.5) is 0 Å². The summed E-state index contributed by atoms with van der Waals surface area (Å²) in [6, 6.07) is 11.3. The minimum atomic E-state index is 0.360. The van der Waals surface area contributed by atoms with Crippen molar-refractivity contribution < 1.29 is 9.47 Å². The van der Waals surface area contributed by atoms with Gasteiger partial charge in [-0.2, -0.15) is 0 Å². The highest BCUT2D eigenvalue weighted by molar-refractivity contribution is 5.38. The van der Waals surface area contributed by atoms with Gasteiger partial charge in [-0.05, 0) is 31.2 Å². The van der Waals surface area contributed by atoms with E-state index in [1.165, 1.54) is 0 Å². The van der Waals surface area contributed by atoms with E-state index in [1.54, 1.807) is 7.11 Å². The Kier molecular flexibility index (Phi) is 5.19. The van der Waals surface area contributed by atoms with Crippen LogP contribution in [0.25, 0.3) is 0 Å². The molecule has 1 aromatic carbocycles. The van der Waals surface area contributed by atoms with E-state index in [-0.39, 0.29) is 0 Å². The highest BCUT2D eigenvalue weighted by Gasteiger charge is 2.02. The number of methoxy groups -OCH3 is 1. The highest BCUT2D eigenvalue weighted by atomic mass is 16.5. The van der Waals surface area contributed by atoms with Gasteiger partial charge in [-0.3, -0.25) is 4.98 Å². The molecule has 0 aliphatic rings. The highest BCUT2D eigenvalue weighted by Crippen LogP contribution is 2.17. The van der Waals surface area contributed by atoms with Crippen LogP contribution in [0.5, 0.6) is 11.5 Å². The predicted molar refractivity (Wildman–Crippen MR) is 82.2 cm³/mol. The van der Waals surface area contributed by atoms with Gasteiger partial charge < -0.3 is 15.2 Å². The van der Waals surface area contributed by atoms with Crippen LogP contribution in [0.15, 0.2) is 36.4 Å². The van der Waals surface area contributed by atoms with Crippen molar-refractivity contribution in [3.05, 3.63) is 53.3 Å². The number of hydrogen-bond donors (Lipinski definition) is 1. The van der Waals surface area contributed by atoms with Gasteiger partial charge in [-0.25, -0.2) is 0 Å². The van der Waals surface area contributed by atoms with Crippen molar-refractivity contribution in [1.82, 2.24) is 4.98 Å². The fourth-order valence-electron chi connectivity index (χ4n) is 1.84. The monoisotopic (exact) mass is 282 g/mol. The molecule has 0 atom stereocenters. The molecule has 0 amide bonds. The Morgan fingerprint density at radius 2 is 1.90 bits per heavy atom. The Morgan fingerprint density at radius 1 is 1.14 bits per heavy atom. The molecule has 4 nitrogen and oxygen atoms in total. The molecule has 0 fully saturated rings. The van der Waals surface area contributed by atoms with Crippen molar-refractivity contribution in [2.75, 3.05) is 13.7 Å². The molecule has 0 spiro atoms. The van der Waals surface area contributed by atoms with Crippen molar-refractivity contribution >= 4 is 0 Å². The molecule has 1 heterocycles. The molecule has 4 heteroatoms. The van der Waals surface area contributed by atoms with Crippen LogP contribution in [-0.2, 0) is 6.61 Å². The van der Waals surface area contributed by atoms with E-state index in [9.17, 15) is 0 Å². The zero-order valence-corrected chi connectivity index (χ0v) is 12.2. The van der Waals surface area contributed by atoms with E-state index >= 15 is 0 Å². The second kappa shape index (κ2) is 7.32. The van der Waals surface area contributed by atoms with Gasteiger partial charge >= 0.3 is 0 Å². The third-order valence-corrected chi connectivity index (χ3v) is 2.79. The first-order chi connectivity index (χ1) is 10.2.